The Kier molecular flexibility index (Phi) is 2.74. The van der Waals surface area contributed by atoms with E-state index in [9.17, 15) is 0 Å². The Labute approximate surface area is 55.6 Å². The van der Waals surface area contributed by atoms with Crippen LogP contribution in [0.4, 0.5) is 0 Å². The summed E-state index contributed by atoms with van der Waals surface area (Å²) in [5.74, 6) is 0. The number of aliphatic hydroxyl groups is 1. The quantitative estimate of drug-likeness (QED) is 0.496. The zero-order chi connectivity index (χ0) is 6.53. The van der Waals surface area contributed by atoms with Crippen LogP contribution in [0.25, 0.3) is 0 Å². The molecular formula is C7H13NO. The van der Waals surface area contributed by atoms with Crippen molar-refractivity contribution in [2.24, 2.45) is 0 Å². The van der Waals surface area contributed by atoms with Gasteiger partial charge in [0, 0.05) is 0 Å². The zero-order valence-corrected chi connectivity index (χ0v) is 5.56. The molecule has 0 saturated carbocycles. The highest BCUT2D eigenvalue weighted by Crippen LogP contribution is 2.08. The molecule has 0 amide bonds. The van der Waals surface area contributed by atoms with Crippen molar-refractivity contribution in [1.29, 1.82) is 0 Å². The topological polar surface area (TPSA) is 32.3 Å². The lowest BCUT2D eigenvalue weighted by Crippen LogP contribution is -2.23. The van der Waals surface area contributed by atoms with Gasteiger partial charge in [-0.2, -0.15) is 0 Å². The number of piperidine rings is 1. The van der Waals surface area contributed by atoms with Gasteiger partial charge in [0.05, 0.1) is 6.61 Å². The molecule has 0 atom stereocenters. The van der Waals surface area contributed by atoms with Crippen molar-refractivity contribution in [1.82, 2.24) is 5.32 Å². The molecule has 0 unspecified atom stereocenters. The molecule has 2 N–H and O–H groups in total. The Balaban J connectivity index is 2.30. The smallest absolute Gasteiger partial charge is 0.0615 e. The second kappa shape index (κ2) is 3.64. The lowest BCUT2D eigenvalue weighted by Gasteiger charge is -2.14. The van der Waals surface area contributed by atoms with Crippen LogP contribution in [-0.2, 0) is 0 Å². The Bertz CT molecular complexity index is 101. The van der Waals surface area contributed by atoms with Crippen molar-refractivity contribution in [3.8, 4) is 0 Å². The van der Waals surface area contributed by atoms with Crippen LogP contribution in [-0.4, -0.2) is 24.8 Å². The minimum atomic E-state index is 0.204. The number of rotatable bonds is 1. The minimum Gasteiger partial charge on any atom is -0.392 e. The van der Waals surface area contributed by atoms with E-state index < -0.39 is 0 Å². The van der Waals surface area contributed by atoms with Gasteiger partial charge < -0.3 is 10.4 Å². The molecule has 0 bridgehead atoms. The van der Waals surface area contributed by atoms with Gasteiger partial charge in [0.2, 0.25) is 0 Å². The van der Waals surface area contributed by atoms with Crippen LogP contribution in [0.1, 0.15) is 12.8 Å². The van der Waals surface area contributed by atoms with E-state index in [1.807, 2.05) is 6.08 Å². The van der Waals surface area contributed by atoms with E-state index in [1.54, 1.807) is 0 Å². The molecule has 1 aliphatic heterocycles. The molecule has 1 fully saturated rings. The van der Waals surface area contributed by atoms with Crippen LogP contribution in [0, 0.1) is 0 Å². The highest BCUT2D eigenvalue weighted by Gasteiger charge is 2.01. The van der Waals surface area contributed by atoms with E-state index >= 15 is 0 Å². The lowest BCUT2D eigenvalue weighted by molar-refractivity contribution is 0.340. The van der Waals surface area contributed by atoms with E-state index in [4.69, 9.17) is 5.11 Å². The largest absolute Gasteiger partial charge is 0.392 e. The zero-order valence-electron chi connectivity index (χ0n) is 5.56. The van der Waals surface area contributed by atoms with Crippen LogP contribution in [0.3, 0.4) is 0 Å². The molecule has 2 nitrogen and oxygen atoms in total. The van der Waals surface area contributed by atoms with Crippen molar-refractivity contribution < 1.29 is 5.11 Å². The van der Waals surface area contributed by atoms with Crippen LogP contribution in [0.2, 0.25) is 0 Å². The molecular weight excluding hydrogens is 114 g/mol. The Morgan fingerprint density at radius 1 is 1.44 bits per heavy atom. The summed E-state index contributed by atoms with van der Waals surface area (Å²) in [5.41, 5.74) is 1.40. The van der Waals surface area contributed by atoms with Crippen LogP contribution < -0.4 is 5.32 Å². The SMILES string of the molecule is OCC=C1CCNCC1. The van der Waals surface area contributed by atoms with Gasteiger partial charge in [0.15, 0.2) is 0 Å². The van der Waals surface area contributed by atoms with Crippen LogP contribution in [0.5, 0.6) is 0 Å². The fourth-order valence-corrected chi connectivity index (χ4v) is 1.08. The third-order valence-corrected chi connectivity index (χ3v) is 1.63. The number of nitrogens with one attached hydrogen (secondary N) is 1. The average Bonchev–Trinajstić information content (AvgIpc) is 1.91. The van der Waals surface area contributed by atoms with Gasteiger partial charge in [-0.1, -0.05) is 11.6 Å². The Morgan fingerprint density at radius 3 is 2.67 bits per heavy atom. The fourth-order valence-electron chi connectivity index (χ4n) is 1.08. The van der Waals surface area contributed by atoms with Crippen LogP contribution in [0.15, 0.2) is 11.6 Å². The summed E-state index contributed by atoms with van der Waals surface area (Å²) in [6.45, 7) is 2.35. The third kappa shape index (κ3) is 2.16. The number of aliphatic hydroxyl groups excluding tert-OH is 1. The predicted molar refractivity (Wildman–Crippen MR) is 37.3 cm³/mol. The van der Waals surface area contributed by atoms with Crippen molar-refractivity contribution in [3.63, 3.8) is 0 Å². The summed E-state index contributed by atoms with van der Waals surface area (Å²) in [5, 5.41) is 11.8. The van der Waals surface area contributed by atoms with Crippen molar-refractivity contribution in [2.75, 3.05) is 19.7 Å². The molecule has 0 aromatic heterocycles. The van der Waals surface area contributed by atoms with Gasteiger partial charge in [-0.25, -0.2) is 0 Å². The molecule has 2 heteroatoms. The fraction of sp³-hybridized carbons (Fsp3) is 0.714. The molecule has 52 valence electrons. The monoisotopic (exact) mass is 127 g/mol. The molecule has 0 aromatic rings. The second-order valence-corrected chi connectivity index (χ2v) is 2.29. The van der Waals surface area contributed by atoms with Gasteiger partial charge in [-0.3, -0.25) is 0 Å². The molecule has 0 radical (unpaired) electrons. The summed E-state index contributed by atoms with van der Waals surface area (Å²) in [6, 6.07) is 0. The molecule has 1 heterocycles. The minimum absolute atomic E-state index is 0.204. The van der Waals surface area contributed by atoms with Gasteiger partial charge in [-0.05, 0) is 25.9 Å². The lowest BCUT2D eigenvalue weighted by atomic mass is 10.1. The standard InChI is InChI=1S/C7H13NO/c9-6-3-7-1-4-8-5-2-7/h3,8-9H,1-2,4-6H2. The predicted octanol–water partition coefficient (Wildman–Crippen LogP) is 0.288. The normalized spacial score (nSPS) is 19.9. The van der Waals surface area contributed by atoms with Crippen molar-refractivity contribution in [2.45, 2.75) is 12.8 Å². The van der Waals surface area contributed by atoms with Gasteiger partial charge >= 0.3 is 0 Å². The summed E-state index contributed by atoms with van der Waals surface area (Å²) in [4.78, 5) is 0. The van der Waals surface area contributed by atoms with E-state index in [0.717, 1.165) is 25.9 Å². The first-order chi connectivity index (χ1) is 4.43. The number of hydrogen-bond acceptors (Lipinski definition) is 2. The first-order valence-corrected chi connectivity index (χ1v) is 3.43. The first-order valence-electron chi connectivity index (χ1n) is 3.43. The Hall–Kier alpha value is -0.340. The number of hydrogen-bond donors (Lipinski definition) is 2. The van der Waals surface area contributed by atoms with E-state index in [2.05, 4.69) is 5.32 Å². The maximum Gasteiger partial charge on any atom is 0.0615 e. The molecule has 0 spiro atoms. The molecule has 0 aliphatic carbocycles. The summed E-state index contributed by atoms with van der Waals surface area (Å²) in [6.07, 6.45) is 4.14. The first kappa shape index (κ1) is 6.78. The molecule has 9 heavy (non-hydrogen) atoms. The molecule has 0 aromatic carbocycles. The van der Waals surface area contributed by atoms with Gasteiger partial charge in [0.25, 0.3) is 0 Å². The molecule has 1 saturated heterocycles. The maximum absolute atomic E-state index is 8.52. The Morgan fingerprint density at radius 2 is 2.11 bits per heavy atom. The van der Waals surface area contributed by atoms with Gasteiger partial charge in [-0.15, -0.1) is 0 Å². The van der Waals surface area contributed by atoms with E-state index in [0.29, 0.717) is 0 Å². The highest BCUT2D eigenvalue weighted by atomic mass is 16.2. The van der Waals surface area contributed by atoms with Crippen molar-refractivity contribution >= 4 is 0 Å². The highest BCUT2D eigenvalue weighted by molar-refractivity contribution is 5.04. The molecule has 1 rings (SSSR count). The van der Waals surface area contributed by atoms with Gasteiger partial charge in [0.1, 0.15) is 0 Å². The van der Waals surface area contributed by atoms with Crippen LogP contribution >= 0.6 is 0 Å². The second-order valence-electron chi connectivity index (χ2n) is 2.29. The molecule has 1 aliphatic rings. The third-order valence-electron chi connectivity index (χ3n) is 1.63. The van der Waals surface area contributed by atoms with E-state index in [-0.39, 0.29) is 6.61 Å². The average molecular weight is 127 g/mol. The summed E-state index contributed by atoms with van der Waals surface area (Å²) in [7, 11) is 0. The summed E-state index contributed by atoms with van der Waals surface area (Å²) < 4.78 is 0. The maximum atomic E-state index is 8.52. The summed E-state index contributed by atoms with van der Waals surface area (Å²) >= 11 is 0. The van der Waals surface area contributed by atoms with Crippen molar-refractivity contribution in [3.05, 3.63) is 11.6 Å². The van der Waals surface area contributed by atoms with E-state index in [1.165, 1.54) is 5.57 Å².